The standard InChI is InChI=1S/C13H12ClF3N2/c1-3-18-9-6-10(13(15,16)17)19-12-8(14)5-4-7(2)11(9)12/h4-6H,3H2,1-2H3,(H,18,19). The molecule has 0 amide bonds. The van der Waals surface area contributed by atoms with Crippen molar-refractivity contribution in [3.05, 3.63) is 34.5 Å². The van der Waals surface area contributed by atoms with E-state index in [9.17, 15) is 13.2 Å². The van der Waals surface area contributed by atoms with Gasteiger partial charge in [-0.2, -0.15) is 13.2 Å². The summed E-state index contributed by atoms with van der Waals surface area (Å²) in [5.74, 6) is 0. The second-order valence-electron chi connectivity index (χ2n) is 4.17. The minimum absolute atomic E-state index is 0.174. The number of nitrogens with one attached hydrogen (secondary N) is 1. The fraction of sp³-hybridized carbons (Fsp3) is 0.308. The summed E-state index contributed by atoms with van der Waals surface area (Å²) in [6.45, 7) is 4.15. The molecule has 0 unspecified atom stereocenters. The van der Waals surface area contributed by atoms with Crippen molar-refractivity contribution in [3.63, 3.8) is 0 Å². The molecule has 102 valence electrons. The summed E-state index contributed by atoms with van der Waals surface area (Å²) in [7, 11) is 0. The second-order valence-corrected chi connectivity index (χ2v) is 4.58. The van der Waals surface area contributed by atoms with Crippen molar-refractivity contribution in [2.45, 2.75) is 20.0 Å². The summed E-state index contributed by atoms with van der Waals surface area (Å²) in [6, 6.07) is 4.34. The highest BCUT2D eigenvalue weighted by Crippen LogP contribution is 2.36. The molecule has 2 aromatic rings. The van der Waals surface area contributed by atoms with Crippen LogP contribution in [0.15, 0.2) is 18.2 Å². The lowest BCUT2D eigenvalue weighted by Gasteiger charge is -2.14. The van der Waals surface area contributed by atoms with Gasteiger partial charge in [0.25, 0.3) is 0 Å². The number of anilines is 1. The molecule has 0 aliphatic carbocycles. The normalized spacial score (nSPS) is 11.9. The zero-order chi connectivity index (χ0) is 14.2. The number of aryl methyl sites for hydroxylation is 1. The number of hydrogen-bond acceptors (Lipinski definition) is 2. The van der Waals surface area contributed by atoms with Crippen LogP contribution in [0.1, 0.15) is 18.2 Å². The van der Waals surface area contributed by atoms with Gasteiger partial charge in [0, 0.05) is 17.6 Å². The van der Waals surface area contributed by atoms with E-state index in [0.29, 0.717) is 17.6 Å². The number of aromatic nitrogens is 1. The first-order valence-electron chi connectivity index (χ1n) is 5.75. The van der Waals surface area contributed by atoms with Crippen LogP contribution < -0.4 is 5.32 Å². The van der Waals surface area contributed by atoms with Crippen LogP contribution >= 0.6 is 11.6 Å². The number of hydrogen-bond donors (Lipinski definition) is 1. The highest BCUT2D eigenvalue weighted by Gasteiger charge is 2.33. The smallest absolute Gasteiger partial charge is 0.385 e. The number of fused-ring (bicyclic) bond motifs is 1. The third-order valence-electron chi connectivity index (χ3n) is 2.78. The van der Waals surface area contributed by atoms with Gasteiger partial charge >= 0.3 is 6.18 Å². The van der Waals surface area contributed by atoms with Gasteiger partial charge in [-0.15, -0.1) is 0 Å². The molecule has 1 heterocycles. The van der Waals surface area contributed by atoms with E-state index in [0.717, 1.165) is 11.6 Å². The van der Waals surface area contributed by atoms with Gasteiger partial charge in [-0.1, -0.05) is 17.7 Å². The van der Waals surface area contributed by atoms with Crippen LogP contribution in [0, 0.1) is 6.92 Å². The Labute approximate surface area is 113 Å². The zero-order valence-corrected chi connectivity index (χ0v) is 11.2. The predicted octanol–water partition coefficient (Wildman–Crippen LogP) is 4.65. The van der Waals surface area contributed by atoms with Gasteiger partial charge in [0.15, 0.2) is 0 Å². The van der Waals surface area contributed by atoms with Crippen LogP contribution in [0.25, 0.3) is 10.9 Å². The van der Waals surface area contributed by atoms with Crippen molar-refractivity contribution >= 4 is 28.2 Å². The predicted molar refractivity (Wildman–Crippen MR) is 70.7 cm³/mol. The Morgan fingerprint density at radius 2 is 2.00 bits per heavy atom. The molecule has 1 aromatic heterocycles. The topological polar surface area (TPSA) is 24.9 Å². The number of alkyl halides is 3. The molecule has 0 fully saturated rings. The Balaban J connectivity index is 2.83. The summed E-state index contributed by atoms with van der Waals surface area (Å²) in [5.41, 5.74) is 0.465. The Morgan fingerprint density at radius 3 is 2.58 bits per heavy atom. The SMILES string of the molecule is CCNc1cc(C(F)(F)F)nc2c(Cl)ccc(C)c12. The minimum Gasteiger partial charge on any atom is -0.385 e. The molecule has 2 rings (SSSR count). The van der Waals surface area contributed by atoms with E-state index < -0.39 is 11.9 Å². The number of pyridine rings is 1. The molecule has 0 bridgehead atoms. The summed E-state index contributed by atoms with van der Waals surface area (Å²) < 4.78 is 38.5. The molecule has 19 heavy (non-hydrogen) atoms. The van der Waals surface area contributed by atoms with Gasteiger partial charge in [0.1, 0.15) is 5.69 Å². The summed E-state index contributed by atoms with van der Waals surface area (Å²) in [6.07, 6.45) is -4.49. The minimum atomic E-state index is -4.49. The van der Waals surface area contributed by atoms with Crippen molar-refractivity contribution in [2.75, 3.05) is 11.9 Å². The first-order valence-corrected chi connectivity index (χ1v) is 6.13. The van der Waals surface area contributed by atoms with Gasteiger partial charge in [-0.25, -0.2) is 4.98 Å². The molecular formula is C13H12ClF3N2. The molecular weight excluding hydrogens is 277 g/mol. The Hall–Kier alpha value is -1.49. The molecule has 1 N–H and O–H groups in total. The van der Waals surface area contributed by atoms with Crippen molar-refractivity contribution in [1.82, 2.24) is 4.98 Å². The van der Waals surface area contributed by atoms with E-state index >= 15 is 0 Å². The van der Waals surface area contributed by atoms with Gasteiger partial charge in [0.2, 0.25) is 0 Å². The molecule has 0 aliphatic heterocycles. The molecule has 0 saturated heterocycles. The third-order valence-corrected chi connectivity index (χ3v) is 3.08. The molecule has 0 radical (unpaired) electrons. The summed E-state index contributed by atoms with van der Waals surface area (Å²) in [5, 5.41) is 3.77. The lowest BCUT2D eigenvalue weighted by molar-refractivity contribution is -0.140. The van der Waals surface area contributed by atoms with Crippen LogP contribution in [0.4, 0.5) is 18.9 Å². The average molecular weight is 289 g/mol. The number of rotatable bonds is 2. The molecule has 0 spiro atoms. The Morgan fingerprint density at radius 1 is 1.32 bits per heavy atom. The molecule has 0 saturated carbocycles. The van der Waals surface area contributed by atoms with Crippen molar-refractivity contribution < 1.29 is 13.2 Å². The van der Waals surface area contributed by atoms with Gasteiger partial charge in [-0.3, -0.25) is 0 Å². The van der Waals surface area contributed by atoms with Gasteiger partial charge < -0.3 is 5.32 Å². The maximum atomic E-state index is 12.8. The van der Waals surface area contributed by atoms with Crippen LogP contribution in [0.2, 0.25) is 5.02 Å². The number of nitrogens with zero attached hydrogens (tertiary/aromatic N) is 1. The van der Waals surface area contributed by atoms with E-state index in [2.05, 4.69) is 10.3 Å². The lowest BCUT2D eigenvalue weighted by atomic mass is 10.1. The molecule has 1 aromatic carbocycles. The van der Waals surface area contributed by atoms with E-state index in [4.69, 9.17) is 11.6 Å². The van der Waals surface area contributed by atoms with E-state index in [1.165, 1.54) is 0 Å². The third kappa shape index (κ3) is 2.61. The van der Waals surface area contributed by atoms with Gasteiger partial charge in [0.05, 0.1) is 10.5 Å². The van der Waals surface area contributed by atoms with E-state index in [-0.39, 0.29) is 10.5 Å². The van der Waals surface area contributed by atoms with Gasteiger partial charge in [-0.05, 0) is 31.5 Å². The van der Waals surface area contributed by atoms with Crippen LogP contribution in [-0.4, -0.2) is 11.5 Å². The molecule has 0 atom stereocenters. The van der Waals surface area contributed by atoms with Crippen LogP contribution in [0.3, 0.4) is 0 Å². The first-order chi connectivity index (χ1) is 8.84. The quantitative estimate of drug-likeness (QED) is 0.870. The van der Waals surface area contributed by atoms with Crippen molar-refractivity contribution in [2.24, 2.45) is 0 Å². The number of benzene rings is 1. The van der Waals surface area contributed by atoms with Crippen LogP contribution in [-0.2, 0) is 6.18 Å². The fourth-order valence-electron chi connectivity index (χ4n) is 1.95. The van der Waals surface area contributed by atoms with E-state index in [1.807, 2.05) is 13.8 Å². The molecule has 6 heteroatoms. The lowest BCUT2D eigenvalue weighted by Crippen LogP contribution is -2.10. The van der Waals surface area contributed by atoms with E-state index in [1.54, 1.807) is 12.1 Å². The zero-order valence-electron chi connectivity index (χ0n) is 10.4. The summed E-state index contributed by atoms with van der Waals surface area (Å²) >= 11 is 5.97. The maximum Gasteiger partial charge on any atom is 0.433 e. The molecule has 2 nitrogen and oxygen atoms in total. The van der Waals surface area contributed by atoms with Crippen molar-refractivity contribution in [1.29, 1.82) is 0 Å². The molecule has 0 aliphatic rings. The second kappa shape index (κ2) is 4.89. The average Bonchev–Trinajstić information content (AvgIpc) is 2.33. The Bertz CT molecular complexity index is 623. The van der Waals surface area contributed by atoms with Crippen LogP contribution in [0.5, 0.6) is 0 Å². The highest BCUT2D eigenvalue weighted by atomic mass is 35.5. The highest BCUT2D eigenvalue weighted by molar-refractivity contribution is 6.35. The fourth-order valence-corrected chi connectivity index (χ4v) is 2.15. The number of halogens is 4. The monoisotopic (exact) mass is 288 g/mol. The largest absolute Gasteiger partial charge is 0.433 e. The van der Waals surface area contributed by atoms with Crippen molar-refractivity contribution in [3.8, 4) is 0 Å². The maximum absolute atomic E-state index is 12.8. The summed E-state index contributed by atoms with van der Waals surface area (Å²) in [4.78, 5) is 3.65. The Kier molecular flexibility index (Phi) is 3.58. The first kappa shape index (κ1) is 13.9.